The first-order valence-corrected chi connectivity index (χ1v) is 9.73. The van der Waals surface area contributed by atoms with Crippen molar-refractivity contribution in [3.05, 3.63) is 0 Å². The number of nitrogens with zero attached hydrogens (tertiary/aromatic N) is 3. The predicted molar refractivity (Wildman–Crippen MR) is 97.8 cm³/mol. The number of aliphatic hydroxyl groups excluding tert-OH is 1. The van der Waals surface area contributed by atoms with Crippen molar-refractivity contribution in [1.29, 1.82) is 0 Å². The summed E-state index contributed by atoms with van der Waals surface area (Å²) >= 11 is 0. The van der Waals surface area contributed by atoms with Crippen molar-refractivity contribution >= 4 is 5.84 Å². The molecule has 0 fully saturated rings. The van der Waals surface area contributed by atoms with Crippen LogP contribution in [0, 0.1) is 0 Å². The molecule has 1 aliphatic heterocycles. The Morgan fingerprint density at radius 1 is 0.957 bits per heavy atom. The summed E-state index contributed by atoms with van der Waals surface area (Å²) in [5.41, 5.74) is 0. The van der Waals surface area contributed by atoms with Crippen LogP contribution in [0.4, 0.5) is 0 Å². The summed E-state index contributed by atoms with van der Waals surface area (Å²) in [6, 6.07) is 0. The van der Waals surface area contributed by atoms with Crippen molar-refractivity contribution in [3.63, 3.8) is 0 Å². The number of aliphatic hydroxyl groups is 1. The molecule has 0 amide bonds. The van der Waals surface area contributed by atoms with E-state index < -0.39 is 0 Å². The maximum atomic E-state index is 9.26. The number of unbranched alkanes of at least 4 members (excludes halogenated alkanes) is 8. The molecular formula is C18H38N4O. The molecule has 5 nitrogen and oxygen atoms in total. The zero-order valence-electron chi connectivity index (χ0n) is 15.3. The lowest BCUT2D eigenvalue weighted by atomic mass is 10.1. The summed E-state index contributed by atoms with van der Waals surface area (Å²) in [6.45, 7) is 5.18. The Labute approximate surface area is 142 Å². The first-order valence-electron chi connectivity index (χ1n) is 9.73. The minimum Gasteiger partial charge on any atom is -0.394 e. The molecule has 0 aliphatic carbocycles. The quantitative estimate of drug-likeness (QED) is 0.376. The fraction of sp³-hybridized carbons (Fsp3) is 0.944. The lowest BCUT2D eigenvalue weighted by Gasteiger charge is -2.28. The Hall–Kier alpha value is -0.810. The van der Waals surface area contributed by atoms with Gasteiger partial charge in [0.15, 0.2) is 0 Å². The lowest BCUT2D eigenvalue weighted by molar-refractivity contribution is 0.0959. The van der Waals surface area contributed by atoms with E-state index in [-0.39, 0.29) is 12.8 Å². The zero-order chi connectivity index (χ0) is 16.9. The van der Waals surface area contributed by atoms with Crippen LogP contribution in [0.3, 0.4) is 0 Å². The highest BCUT2D eigenvalue weighted by Crippen LogP contribution is 2.21. The van der Waals surface area contributed by atoms with Gasteiger partial charge in [0.25, 0.3) is 0 Å². The van der Waals surface area contributed by atoms with E-state index in [0.29, 0.717) is 6.54 Å². The molecule has 23 heavy (non-hydrogen) atoms. The molecule has 5 heteroatoms. The van der Waals surface area contributed by atoms with Crippen molar-refractivity contribution in [2.24, 2.45) is 10.9 Å². The molecule has 0 aromatic carbocycles. The number of rotatable bonds is 14. The zero-order valence-corrected chi connectivity index (χ0v) is 15.3. The Bertz CT molecular complexity index is 322. The molecule has 0 bridgehead atoms. The summed E-state index contributed by atoms with van der Waals surface area (Å²) in [5, 5.41) is 17.8. The van der Waals surface area contributed by atoms with Gasteiger partial charge in [-0.15, -0.1) is 0 Å². The minimum absolute atomic E-state index is 0.132. The molecule has 0 spiro atoms. The van der Waals surface area contributed by atoms with Crippen LogP contribution in [0.25, 0.3) is 0 Å². The van der Waals surface area contributed by atoms with Crippen molar-refractivity contribution in [3.8, 4) is 0 Å². The second-order valence-corrected chi connectivity index (χ2v) is 6.66. The number of nitrogens with two attached hydrogens (primary N) is 1. The molecule has 0 aromatic heterocycles. The van der Waals surface area contributed by atoms with Gasteiger partial charge in [0.1, 0.15) is 12.0 Å². The highest BCUT2D eigenvalue weighted by molar-refractivity contribution is 5.83. The number of hydrazine groups is 1. The van der Waals surface area contributed by atoms with E-state index in [0.717, 1.165) is 25.1 Å². The van der Waals surface area contributed by atoms with E-state index in [4.69, 9.17) is 5.84 Å². The van der Waals surface area contributed by atoms with Gasteiger partial charge in [-0.3, -0.25) is 10.0 Å². The first-order chi connectivity index (χ1) is 11.2. The van der Waals surface area contributed by atoms with Crippen LogP contribution in [0.2, 0.25) is 0 Å². The molecule has 0 aromatic rings. The maximum Gasteiger partial charge on any atom is 0.141 e. The summed E-state index contributed by atoms with van der Waals surface area (Å²) in [5.74, 6) is 7.30. The third-order valence-corrected chi connectivity index (χ3v) is 4.61. The van der Waals surface area contributed by atoms with E-state index in [1.54, 1.807) is 0 Å². The van der Waals surface area contributed by atoms with E-state index in [9.17, 15) is 5.11 Å². The Morgan fingerprint density at radius 2 is 1.57 bits per heavy atom. The van der Waals surface area contributed by atoms with Crippen LogP contribution in [-0.2, 0) is 0 Å². The SMILES string of the molecule is CCCCCCCC1=NN(CCO)C(CCCCCCC)N1N. The van der Waals surface area contributed by atoms with E-state index in [1.807, 2.05) is 10.0 Å². The van der Waals surface area contributed by atoms with Crippen molar-refractivity contribution in [2.75, 3.05) is 13.2 Å². The van der Waals surface area contributed by atoms with E-state index in [2.05, 4.69) is 18.9 Å². The minimum atomic E-state index is 0.132. The third-order valence-electron chi connectivity index (χ3n) is 4.61. The summed E-state index contributed by atoms with van der Waals surface area (Å²) in [6.07, 6.45) is 14.7. The van der Waals surface area contributed by atoms with E-state index in [1.165, 1.54) is 57.8 Å². The van der Waals surface area contributed by atoms with E-state index >= 15 is 0 Å². The second-order valence-electron chi connectivity index (χ2n) is 6.66. The van der Waals surface area contributed by atoms with Gasteiger partial charge in [-0.1, -0.05) is 65.2 Å². The van der Waals surface area contributed by atoms with Gasteiger partial charge in [0.05, 0.1) is 13.2 Å². The normalized spacial score (nSPS) is 17.9. The second kappa shape index (κ2) is 12.6. The Balaban J connectivity index is 2.36. The molecule has 1 rings (SSSR count). The van der Waals surface area contributed by atoms with Gasteiger partial charge in [-0.25, -0.2) is 5.84 Å². The molecule has 1 aliphatic rings. The predicted octanol–water partition coefficient (Wildman–Crippen LogP) is 3.83. The number of hydrogen-bond acceptors (Lipinski definition) is 5. The van der Waals surface area contributed by atoms with Crippen LogP contribution >= 0.6 is 0 Å². The number of hydrogen-bond donors (Lipinski definition) is 2. The summed E-state index contributed by atoms with van der Waals surface area (Å²) in [4.78, 5) is 0. The Kier molecular flexibility index (Phi) is 11.1. The first kappa shape index (κ1) is 20.2. The fourth-order valence-electron chi connectivity index (χ4n) is 3.17. The topological polar surface area (TPSA) is 65.1 Å². The summed E-state index contributed by atoms with van der Waals surface area (Å²) in [7, 11) is 0. The average molecular weight is 327 g/mol. The van der Waals surface area contributed by atoms with Crippen molar-refractivity contribution in [1.82, 2.24) is 10.0 Å². The number of hydrazone groups is 1. The molecule has 0 saturated carbocycles. The fourth-order valence-corrected chi connectivity index (χ4v) is 3.17. The smallest absolute Gasteiger partial charge is 0.141 e. The van der Waals surface area contributed by atoms with Gasteiger partial charge in [0, 0.05) is 6.42 Å². The van der Waals surface area contributed by atoms with Gasteiger partial charge < -0.3 is 5.11 Å². The lowest BCUT2D eigenvalue weighted by Crippen LogP contribution is -2.47. The summed E-state index contributed by atoms with van der Waals surface area (Å²) < 4.78 is 0. The van der Waals surface area contributed by atoms with Crippen molar-refractivity contribution < 1.29 is 5.11 Å². The molecule has 0 saturated heterocycles. The molecule has 1 atom stereocenters. The maximum absolute atomic E-state index is 9.26. The van der Waals surface area contributed by atoms with Crippen LogP contribution in [-0.4, -0.2) is 40.3 Å². The van der Waals surface area contributed by atoms with Gasteiger partial charge >= 0.3 is 0 Å². The van der Waals surface area contributed by atoms with Crippen LogP contribution in [0.15, 0.2) is 5.10 Å². The molecule has 136 valence electrons. The van der Waals surface area contributed by atoms with Crippen LogP contribution in [0.1, 0.15) is 90.9 Å². The molecule has 3 N–H and O–H groups in total. The largest absolute Gasteiger partial charge is 0.394 e. The van der Waals surface area contributed by atoms with Crippen molar-refractivity contribution in [2.45, 2.75) is 97.1 Å². The molecule has 0 radical (unpaired) electrons. The number of amidine groups is 1. The Morgan fingerprint density at radius 3 is 2.17 bits per heavy atom. The van der Waals surface area contributed by atoms with Crippen LogP contribution < -0.4 is 5.84 Å². The number of β-amino-alcohol motifs (C(OH)–C–C–N with tert-alkyl or cyclic N) is 1. The van der Waals surface area contributed by atoms with Gasteiger partial charge in [-0.2, -0.15) is 5.10 Å². The monoisotopic (exact) mass is 326 g/mol. The van der Waals surface area contributed by atoms with Gasteiger partial charge in [-0.05, 0) is 19.3 Å². The average Bonchev–Trinajstić information content (AvgIpc) is 2.83. The molecular weight excluding hydrogens is 288 g/mol. The van der Waals surface area contributed by atoms with Gasteiger partial charge in [0.2, 0.25) is 0 Å². The molecule has 1 unspecified atom stereocenters. The highest BCUT2D eigenvalue weighted by Gasteiger charge is 2.30. The standard InChI is InChI=1S/C18H38N4O/c1-3-5-7-9-11-13-17-20-21(15-16-23)18(22(17)19)14-12-10-8-6-4-2/h18,23H,3-16,19H2,1-2H3. The highest BCUT2D eigenvalue weighted by atomic mass is 16.3. The third kappa shape index (κ3) is 7.53. The molecule has 1 heterocycles. The van der Waals surface area contributed by atoms with Crippen LogP contribution in [0.5, 0.6) is 0 Å².